The van der Waals surface area contributed by atoms with E-state index in [4.69, 9.17) is 4.74 Å². The van der Waals surface area contributed by atoms with Crippen molar-refractivity contribution in [3.8, 4) is 0 Å². The maximum atomic E-state index is 13.3. The second-order valence-electron chi connectivity index (χ2n) is 10.2. The number of aryl methyl sites for hydroxylation is 1. The van der Waals surface area contributed by atoms with E-state index in [9.17, 15) is 19.3 Å². The van der Waals surface area contributed by atoms with Gasteiger partial charge in [-0.25, -0.2) is 4.39 Å². The van der Waals surface area contributed by atoms with Gasteiger partial charge in [-0.2, -0.15) is 0 Å². The molecule has 1 aliphatic carbocycles. The van der Waals surface area contributed by atoms with Crippen LogP contribution < -0.4 is 10.0 Å². The zero-order chi connectivity index (χ0) is 27.5. The summed E-state index contributed by atoms with van der Waals surface area (Å²) in [6, 6.07) is 11.4. The first-order valence-corrected chi connectivity index (χ1v) is 14.0. The number of methoxy groups -OCH3 is 1. The standard InChI is InChI=1S/C28H39FN4O4S/c1-32(2)19-16-23(13-10-21-8-11-22(29)12-9-21)30-25-15-14-24(20-26(25)33(35)36)38-31-27(34)28(37-3)17-6-4-5-7-18-28/h8-9,11-12,14-15,20,23,30H,4-7,10,13,16-19H2,1-3H3,(H,31,34). The molecule has 2 N–H and O–H groups in total. The van der Waals surface area contributed by atoms with Gasteiger partial charge in [-0.05, 0) is 94.5 Å². The molecule has 38 heavy (non-hydrogen) atoms. The number of rotatable bonds is 13. The second kappa shape index (κ2) is 14.5. The van der Waals surface area contributed by atoms with Crippen molar-refractivity contribution in [1.82, 2.24) is 9.62 Å². The van der Waals surface area contributed by atoms with Crippen LogP contribution in [0.25, 0.3) is 0 Å². The van der Waals surface area contributed by atoms with Crippen molar-refractivity contribution < 1.29 is 18.8 Å². The molecule has 0 aromatic heterocycles. The quantitative estimate of drug-likeness (QED) is 0.138. The lowest BCUT2D eigenvalue weighted by Crippen LogP contribution is -2.45. The normalized spacial score (nSPS) is 16.0. The first-order chi connectivity index (χ1) is 18.2. The fraction of sp³-hybridized carbons (Fsp3) is 0.536. The van der Waals surface area contributed by atoms with Gasteiger partial charge in [-0.1, -0.05) is 37.8 Å². The van der Waals surface area contributed by atoms with Gasteiger partial charge in [0.15, 0.2) is 0 Å². The lowest BCUT2D eigenvalue weighted by atomic mass is 9.93. The van der Waals surface area contributed by atoms with E-state index in [2.05, 4.69) is 14.9 Å². The first kappa shape index (κ1) is 29.9. The van der Waals surface area contributed by atoms with Crippen molar-refractivity contribution in [2.24, 2.45) is 0 Å². The molecule has 2 aromatic rings. The van der Waals surface area contributed by atoms with Crippen LogP contribution in [0.15, 0.2) is 47.4 Å². The van der Waals surface area contributed by atoms with E-state index in [0.29, 0.717) is 23.4 Å². The van der Waals surface area contributed by atoms with E-state index in [0.717, 1.165) is 69.0 Å². The Hall–Kier alpha value is -2.69. The van der Waals surface area contributed by atoms with Crippen LogP contribution in [0, 0.1) is 15.9 Å². The molecule has 1 aliphatic rings. The molecule has 0 radical (unpaired) electrons. The molecule has 208 valence electrons. The fourth-order valence-electron chi connectivity index (χ4n) is 4.78. The number of carbonyl (C=O) groups excluding carboxylic acids is 1. The number of ether oxygens (including phenoxy) is 1. The molecule has 1 fully saturated rings. The van der Waals surface area contributed by atoms with Crippen molar-refractivity contribution in [2.45, 2.75) is 74.3 Å². The Morgan fingerprint density at radius 1 is 1.13 bits per heavy atom. The van der Waals surface area contributed by atoms with Gasteiger partial charge in [0.2, 0.25) is 0 Å². The highest BCUT2D eigenvalue weighted by Crippen LogP contribution is 2.33. The van der Waals surface area contributed by atoms with Crippen LogP contribution in [0.5, 0.6) is 0 Å². The van der Waals surface area contributed by atoms with Crippen LogP contribution in [0.4, 0.5) is 15.8 Å². The van der Waals surface area contributed by atoms with Crippen molar-refractivity contribution in [1.29, 1.82) is 0 Å². The highest BCUT2D eigenvalue weighted by atomic mass is 32.2. The van der Waals surface area contributed by atoms with Gasteiger partial charge >= 0.3 is 0 Å². The van der Waals surface area contributed by atoms with Crippen LogP contribution in [-0.2, 0) is 16.0 Å². The molecular weight excluding hydrogens is 507 g/mol. The van der Waals surface area contributed by atoms with Crippen molar-refractivity contribution in [3.05, 3.63) is 64.0 Å². The molecule has 1 saturated carbocycles. The summed E-state index contributed by atoms with van der Waals surface area (Å²) < 4.78 is 21.8. The molecule has 0 spiro atoms. The molecule has 1 amide bonds. The summed E-state index contributed by atoms with van der Waals surface area (Å²) in [4.78, 5) is 27.2. The number of nitro benzene ring substituents is 1. The first-order valence-electron chi connectivity index (χ1n) is 13.2. The molecule has 0 heterocycles. The van der Waals surface area contributed by atoms with Crippen molar-refractivity contribution in [2.75, 3.05) is 33.1 Å². The summed E-state index contributed by atoms with van der Waals surface area (Å²) in [5, 5.41) is 15.3. The number of anilines is 1. The Morgan fingerprint density at radius 3 is 2.42 bits per heavy atom. The number of carbonyl (C=O) groups is 1. The molecule has 8 nitrogen and oxygen atoms in total. The van der Waals surface area contributed by atoms with Crippen LogP contribution >= 0.6 is 11.9 Å². The Kier molecular flexibility index (Phi) is 11.4. The van der Waals surface area contributed by atoms with E-state index in [1.807, 2.05) is 14.1 Å². The number of amides is 1. The Morgan fingerprint density at radius 2 is 1.82 bits per heavy atom. The Bertz CT molecular complexity index is 1060. The van der Waals surface area contributed by atoms with E-state index in [-0.39, 0.29) is 23.5 Å². The third-order valence-electron chi connectivity index (χ3n) is 7.12. The molecule has 0 saturated heterocycles. The van der Waals surface area contributed by atoms with E-state index in [1.165, 1.54) is 18.2 Å². The summed E-state index contributed by atoms with van der Waals surface area (Å²) in [7, 11) is 5.55. The van der Waals surface area contributed by atoms with Crippen LogP contribution in [0.1, 0.15) is 56.9 Å². The summed E-state index contributed by atoms with van der Waals surface area (Å²) in [5.41, 5.74) is 0.561. The van der Waals surface area contributed by atoms with Crippen LogP contribution in [0.2, 0.25) is 0 Å². The second-order valence-corrected chi connectivity index (χ2v) is 11.1. The fourth-order valence-corrected chi connectivity index (χ4v) is 5.49. The topological polar surface area (TPSA) is 96.7 Å². The van der Waals surface area contributed by atoms with Gasteiger partial charge < -0.3 is 15.0 Å². The predicted molar refractivity (Wildman–Crippen MR) is 150 cm³/mol. The van der Waals surface area contributed by atoms with Crippen molar-refractivity contribution in [3.63, 3.8) is 0 Å². The zero-order valence-electron chi connectivity index (χ0n) is 22.5. The van der Waals surface area contributed by atoms with Gasteiger partial charge in [0.05, 0.1) is 4.92 Å². The van der Waals surface area contributed by atoms with E-state index >= 15 is 0 Å². The Balaban J connectivity index is 1.69. The lowest BCUT2D eigenvalue weighted by molar-refractivity contribution is -0.384. The predicted octanol–water partition coefficient (Wildman–Crippen LogP) is 5.96. The molecule has 10 heteroatoms. The average Bonchev–Trinajstić information content (AvgIpc) is 3.16. The van der Waals surface area contributed by atoms with E-state index in [1.54, 1.807) is 31.4 Å². The average molecular weight is 547 g/mol. The molecule has 2 aromatic carbocycles. The molecule has 0 bridgehead atoms. The lowest BCUT2D eigenvalue weighted by Gasteiger charge is -2.29. The largest absolute Gasteiger partial charge is 0.377 e. The highest BCUT2D eigenvalue weighted by Gasteiger charge is 2.38. The number of nitrogens with zero attached hydrogens (tertiary/aromatic N) is 2. The highest BCUT2D eigenvalue weighted by molar-refractivity contribution is 7.98. The molecule has 3 rings (SSSR count). The summed E-state index contributed by atoms with van der Waals surface area (Å²) in [5.74, 6) is -0.464. The maximum Gasteiger partial charge on any atom is 0.293 e. The molecule has 0 aliphatic heterocycles. The van der Waals surface area contributed by atoms with Gasteiger partial charge in [0.1, 0.15) is 17.1 Å². The van der Waals surface area contributed by atoms with Gasteiger partial charge in [-0.3, -0.25) is 19.6 Å². The third-order valence-corrected chi connectivity index (χ3v) is 7.90. The number of benzene rings is 2. The molecule has 1 unspecified atom stereocenters. The summed E-state index contributed by atoms with van der Waals surface area (Å²) in [6.45, 7) is 0.816. The number of halogens is 1. The SMILES string of the molecule is COC1(C(=O)NSc2ccc(NC(CCc3ccc(F)cc3)CCN(C)C)c([N+](=O)[O-])c2)CCCCCC1. The Labute approximate surface area is 229 Å². The van der Waals surface area contributed by atoms with Crippen molar-refractivity contribution >= 4 is 29.2 Å². The van der Waals surface area contributed by atoms with Crippen LogP contribution in [0.3, 0.4) is 0 Å². The van der Waals surface area contributed by atoms with Crippen LogP contribution in [-0.4, -0.2) is 55.1 Å². The zero-order valence-corrected chi connectivity index (χ0v) is 23.3. The van der Waals surface area contributed by atoms with Gasteiger partial charge in [0.25, 0.3) is 11.6 Å². The summed E-state index contributed by atoms with van der Waals surface area (Å²) >= 11 is 1.08. The van der Waals surface area contributed by atoms with Gasteiger partial charge in [-0.15, -0.1) is 0 Å². The number of nitro groups is 1. The number of hydrogen-bond donors (Lipinski definition) is 2. The number of hydrogen-bond acceptors (Lipinski definition) is 7. The monoisotopic (exact) mass is 546 g/mol. The number of nitrogens with one attached hydrogen (secondary N) is 2. The minimum absolute atomic E-state index is 0.0174. The summed E-state index contributed by atoms with van der Waals surface area (Å²) in [6.07, 6.45) is 7.65. The molecular formula is C28H39FN4O4S. The molecule has 1 atom stereocenters. The minimum atomic E-state index is -0.846. The van der Waals surface area contributed by atoms with Gasteiger partial charge in [0, 0.05) is 24.1 Å². The smallest absolute Gasteiger partial charge is 0.293 e. The minimum Gasteiger partial charge on any atom is -0.377 e. The third kappa shape index (κ3) is 8.68. The van der Waals surface area contributed by atoms with E-state index < -0.39 is 10.5 Å². The maximum absolute atomic E-state index is 13.3.